The van der Waals surface area contributed by atoms with Crippen LogP contribution in [-0.2, 0) is 22.4 Å². The second kappa shape index (κ2) is 10.0. The molecule has 0 atom stereocenters. The Balaban J connectivity index is 2.22. The Labute approximate surface area is 195 Å². The molecule has 174 valence electrons. The van der Waals surface area contributed by atoms with Gasteiger partial charge in [-0.15, -0.1) is 0 Å². The molecule has 0 radical (unpaired) electrons. The zero-order valence-electron chi connectivity index (χ0n) is 20.2. The standard InChI is InChI=1S/C27H32N2O4/c1-17(2)14-23-21(16-28-26(31)33-27(3,4)5)24(18-10-8-7-9-11-18)20-15-19(25(30)32-6)12-13-22(20)29-23/h7-13,15,17H,14,16H2,1-6H3,(H,28,31). The number of carbonyl (C=O) groups is 2. The summed E-state index contributed by atoms with van der Waals surface area (Å²) in [5.74, 6) is -0.0382. The van der Waals surface area contributed by atoms with Crippen LogP contribution in [0.5, 0.6) is 0 Å². The van der Waals surface area contributed by atoms with Crippen LogP contribution >= 0.6 is 0 Å². The monoisotopic (exact) mass is 448 g/mol. The van der Waals surface area contributed by atoms with Gasteiger partial charge in [0, 0.05) is 23.2 Å². The fraction of sp³-hybridized carbons (Fsp3) is 0.370. The first kappa shape index (κ1) is 24.2. The van der Waals surface area contributed by atoms with Gasteiger partial charge in [0.15, 0.2) is 0 Å². The normalized spacial score (nSPS) is 11.5. The van der Waals surface area contributed by atoms with Crippen LogP contribution in [0, 0.1) is 5.92 Å². The quantitative estimate of drug-likeness (QED) is 0.474. The number of carbonyl (C=O) groups excluding carboxylic acids is 2. The maximum Gasteiger partial charge on any atom is 0.407 e. The summed E-state index contributed by atoms with van der Waals surface area (Å²) in [6.45, 7) is 10.0. The van der Waals surface area contributed by atoms with Gasteiger partial charge in [-0.3, -0.25) is 4.98 Å². The number of nitrogens with one attached hydrogen (secondary N) is 1. The summed E-state index contributed by atoms with van der Waals surface area (Å²) in [6.07, 6.45) is 0.264. The third-order valence-electron chi connectivity index (χ3n) is 5.06. The van der Waals surface area contributed by atoms with Crippen molar-refractivity contribution in [1.82, 2.24) is 10.3 Å². The van der Waals surface area contributed by atoms with Crippen molar-refractivity contribution in [2.75, 3.05) is 7.11 Å². The molecule has 0 saturated carbocycles. The van der Waals surface area contributed by atoms with E-state index in [-0.39, 0.29) is 6.54 Å². The van der Waals surface area contributed by atoms with Crippen molar-refractivity contribution in [3.63, 3.8) is 0 Å². The molecule has 33 heavy (non-hydrogen) atoms. The minimum atomic E-state index is -0.593. The van der Waals surface area contributed by atoms with Gasteiger partial charge in [-0.05, 0) is 62.4 Å². The first-order valence-corrected chi connectivity index (χ1v) is 11.1. The molecule has 0 unspecified atom stereocenters. The number of pyridine rings is 1. The van der Waals surface area contributed by atoms with Crippen LogP contribution in [0.15, 0.2) is 48.5 Å². The van der Waals surface area contributed by atoms with E-state index in [0.29, 0.717) is 11.5 Å². The molecule has 1 amide bonds. The van der Waals surface area contributed by atoms with Crippen LogP contribution in [-0.4, -0.2) is 29.8 Å². The van der Waals surface area contributed by atoms with E-state index in [1.54, 1.807) is 6.07 Å². The summed E-state index contributed by atoms with van der Waals surface area (Å²) >= 11 is 0. The van der Waals surface area contributed by atoms with Crippen molar-refractivity contribution in [1.29, 1.82) is 0 Å². The SMILES string of the molecule is COC(=O)c1ccc2nc(CC(C)C)c(CNC(=O)OC(C)(C)C)c(-c3ccccc3)c2c1. The second-order valence-corrected chi connectivity index (χ2v) is 9.46. The molecule has 1 N–H and O–H groups in total. The number of methoxy groups -OCH3 is 1. The maximum atomic E-state index is 12.4. The van der Waals surface area contributed by atoms with Crippen molar-refractivity contribution in [2.45, 2.75) is 53.2 Å². The number of hydrogen-bond donors (Lipinski definition) is 1. The second-order valence-electron chi connectivity index (χ2n) is 9.46. The van der Waals surface area contributed by atoms with E-state index >= 15 is 0 Å². The van der Waals surface area contributed by atoms with Crippen LogP contribution in [0.25, 0.3) is 22.0 Å². The van der Waals surface area contributed by atoms with E-state index in [0.717, 1.165) is 39.7 Å². The number of benzene rings is 2. The lowest BCUT2D eigenvalue weighted by Crippen LogP contribution is -2.32. The minimum absolute atomic E-state index is 0.257. The van der Waals surface area contributed by atoms with Crippen molar-refractivity contribution in [3.8, 4) is 11.1 Å². The van der Waals surface area contributed by atoms with Gasteiger partial charge in [0.05, 0.1) is 18.2 Å². The minimum Gasteiger partial charge on any atom is -0.465 e. The Hall–Kier alpha value is -3.41. The molecule has 3 rings (SSSR count). The first-order chi connectivity index (χ1) is 15.6. The number of amides is 1. The van der Waals surface area contributed by atoms with Crippen molar-refractivity contribution < 1.29 is 19.1 Å². The Kier molecular flexibility index (Phi) is 7.36. The number of aromatic nitrogens is 1. The number of esters is 1. The Morgan fingerprint density at radius 3 is 2.36 bits per heavy atom. The van der Waals surface area contributed by atoms with E-state index in [9.17, 15) is 9.59 Å². The average molecular weight is 449 g/mol. The molecule has 0 fully saturated rings. The molecule has 3 aromatic rings. The van der Waals surface area contributed by atoms with Crippen LogP contribution in [0.2, 0.25) is 0 Å². The van der Waals surface area contributed by atoms with Gasteiger partial charge in [-0.25, -0.2) is 9.59 Å². The highest BCUT2D eigenvalue weighted by Crippen LogP contribution is 2.35. The third kappa shape index (κ3) is 6.09. The van der Waals surface area contributed by atoms with E-state index in [2.05, 4.69) is 19.2 Å². The highest BCUT2D eigenvalue weighted by Gasteiger charge is 2.21. The fourth-order valence-corrected chi connectivity index (χ4v) is 3.75. The lowest BCUT2D eigenvalue weighted by Gasteiger charge is -2.22. The molecule has 0 spiro atoms. The number of fused-ring (bicyclic) bond motifs is 1. The largest absolute Gasteiger partial charge is 0.465 e. The van der Waals surface area contributed by atoms with E-state index < -0.39 is 17.7 Å². The number of nitrogens with zero attached hydrogens (tertiary/aromatic N) is 1. The summed E-state index contributed by atoms with van der Waals surface area (Å²) in [5.41, 5.74) is 4.40. The molecule has 1 aromatic heterocycles. The summed E-state index contributed by atoms with van der Waals surface area (Å²) in [6, 6.07) is 15.3. The maximum absolute atomic E-state index is 12.4. The van der Waals surface area contributed by atoms with Gasteiger partial charge in [0.1, 0.15) is 5.60 Å². The van der Waals surface area contributed by atoms with Gasteiger partial charge >= 0.3 is 12.1 Å². The van der Waals surface area contributed by atoms with Gasteiger partial charge < -0.3 is 14.8 Å². The predicted octanol–water partition coefficient (Wildman–Crippen LogP) is 5.91. The number of rotatable bonds is 6. The summed E-state index contributed by atoms with van der Waals surface area (Å²) in [5, 5.41) is 3.73. The van der Waals surface area contributed by atoms with Gasteiger partial charge in [-0.2, -0.15) is 0 Å². The Bertz CT molecular complexity index is 1150. The molecule has 1 heterocycles. The van der Waals surface area contributed by atoms with Crippen molar-refractivity contribution >= 4 is 23.0 Å². The topological polar surface area (TPSA) is 77.5 Å². The lowest BCUT2D eigenvalue weighted by atomic mass is 9.91. The molecule has 0 aliphatic carbocycles. The Morgan fingerprint density at radius 1 is 1.06 bits per heavy atom. The average Bonchev–Trinajstić information content (AvgIpc) is 2.75. The summed E-state index contributed by atoms with van der Waals surface area (Å²) < 4.78 is 10.4. The van der Waals surface area contributed by atoms with E-state index in [1.165, 1.54) is 7.11 Å². The third-order valence-corrected chi connectivity index (χ3v) is 5.06. The number of alkyl carbamates (subject to hydrolysis) is 1. The predicted molar refractivity (Wildman–Crippen MR) is 130 cm³/mol. The molecule has 0 aliphatic rings. The van der Waals surface area contributed by atoms with Crippen LogP contribution in [0.3, 0.4) is 0 Å². The lowest BCUT2D eigenvalue weighted by molar-refractivity contribution is 0.0522. The molecule has 0 aliphatic heterocycles. The highest BCUT2D eigenvalue weighted by atomic mass is 16.6. The Morgan fingerprint density at radius 2 is 1.76 bits per heavy atom. The first-order valence-electron chi connectivity index (χ1n) is 11.1. The van der Waals surface area contributed by atoms with Crippen LogP contribution in [0.4, 0.5) is 4.79 Å². The smallest absolute Gasteiger partial charge is 0.407 e. The zero-order chi connectivity index (χ0) is 24.2. The van der Waals surface area contributed by atoms with Crippen LogP contribution in [0.1, 0.15) is 56.2 Å². The molecule has 0 saturated heterocycles. The molecular formula is C27H32N2O4. The summed E-state index contributed by atoms with van der Waals surface area (Å²) in [7, 11) is 1.37. The molecule has 6 nitrogen and oxygen atoms in total. The van der Waals surface area contributed by atoms with Gasteiger partial charge in [-0.1, -0.05) is 44.2 Å². The summed E-state index contributed by atoms with van der Waals surface area (Å²) in [4.78, 5) is 29.6. The van der Waals surface area contributed by atoms with Gasteiger partial charge in [0.25, 0.3) is 0 Å². The number of ether oxygens (including phenoxy) is 2. The van der Waals surface area contributed by atoms with Gasteiger partial charge in [0.2, 0.25) is 0 Å². The number of hydrogen-bond acceptors (Lipinski definition) is 5. The molecule has 0 bridgehead atoms. The highest BCUT2D eigenvalue weighted by molar-refractivity contribution is 6.01. The van der Waals surface area contributed by atoms with Crippen LogP contribution < -0.4 is 5.32 Å². The van der Waals surface area contributed by atoms with Crippen molar-refractivity contribution in [3.05, 3.63) is 65.4 Å². The molecule has 2 aromatic carbocycles. The molecule has 6 heteroatoms. The fourth-order valence-electron chi connectivity index (χ4n) is 3.75. The zero-order valence-corrected chi connectivity index (χ0v) is 20.2. The van der Waals surface area contributed by atoms with Crippen molar-refractivity contribution in [2.24, 2.45) is 5.92 Å². The van der Waals surface area contributed by atoms with E-state index in [4.69, 9.17) is 14.5 Å². The van der Waals surface area contributed by atoms with E-state index in [1.807, 2.05) is 63.2 Å². The molecular weight excluding hydrogens is 416 g/mol.